The number of nitrogens with one attached hydrogen (secondary N) is 1. The molecule has 112 valence electrons. The molecule has 1 aromatic rings. The molecule has 1 heterocycles. The molecule has 0 bridgehead atoms. The quantitative estimate of drug-likeness (QED) is 0.701. The Kier molecular flexibility index (Phi) is 6.89. The topological polar surface area (TPSA) is 24.5 Å². The van der Waals surface area contributed by atoms with E-state index in [1.807, 2.05) is 0 Å². The number of unbranched alkanes of at least 4 members (excludes halogenated alkanes) is 1. The molecule has 0 amide bonds. The first kappa shape index (κ1) is 15.3. The number of benzene rings is 1. The van der Waals surface area contributed by atoms with E-state index in [1.165, 1.54) is 43.6 Å². The molecule has 1 fully saturated rings. The van der Waals surface area contributed by atoms with Crippen LogP contribution in [-0.2, 0) is 11.3 Å². The van der Waals surface area contributed by atoms with Gasteiger partial charge in [0, 0.05) is 38.5 Å². The van der Waals surface area contributed by atoms with E-state index in [0.717, 1.165) is 32.7 Å². The van der Waals surface area contributed by atoms with Crippen molar-refractivity contribution in [1.29, 1.82) is 0 Å². The smallest absolute Gasteiger partial charge is 0.0591 e. The second-order valence-corrected chi connectivity index (χ2v) is 5.47. The first-order valence-electron chi connectivity index (χ1n) is 8.03. The van der Waals surface area contributed by atoms with Crippen LogP contribution >= 0.6 is 0 Å². The van der Waals surface area contributed by atoms with E-state index >= 15 is 0 Å². The lowest BCUT2D eigenvalue weighted by molar-refractivity contribution is 0.133. The number of ether oxygens (including phenoxy) is 1. The molecule has 3 nitrogen and oxygen atoms in total. The van der Waals surface area contributed by atoms with Gasteiger partial charge in [0.05, 0.1) is 6.61 Å². The average Bonchev–Trinajstić information content (AvgIpc) is 3.01. The summed E-state index contributed by atoms with van der Waals surface area (Å²) in [5, 5.41) is 3.49. The van der Waals surface area contributed by atoms with Crippen LogP contribution in [0.2, 0.25) is 0 Å². The van der Waals surface area contributed by atoms with Gasteiger partial charge in [-0.3, -0.25) is 0 Å². The van der Waals surface area contributed by atoms with Crippen molar-refractivity contribution in [2.45, 2.75) is 39.2 Å². The molecule has 0 saturated carbocycles. The summed E-state index contributed by atoms with van der Waals surface area (Å²) in [4.78, 5) is 2.51. The maximum absolute atomic E-state index is 5.57. The lowest BCUT2D eigenvalue weighted by atomic mass is 10.1. The minimum atomic E-state index is 0.811. The Balaban J connectivity index is 1.72. The van der Waals surface area contributed by atoms with E-state index in [-0.39, 0.29) is 0 Å². The number of nitrogens with zero attached hydrogens (tertiary/aromatic N) is 1. The molecule has 1 N–H and O–H groups in total. The van der Waals surface area contributed by atoms with Crippen LogP contribution in [0, 0.1) is 0 Å². The van der Waals surface area contributed by atoms with Crippen LogP contribution in [0.4, 0.5) is 5.69 Å². The van der Waals surface area contributed by atoms with Gasteiger partial charge in [0.2, 0.25) is 0 Å². The average molecular weight is 276 g/mol. The van der Waals surface area contributed by atoms with Gasteiger partial charge in [-0.25, -0.2) is 0 Å². The van der Waals surface area contributed by atoms with Crippen LogP contribution in [0.25, 0.3) is 0 Å². The van der Waals surface area contributed by atoms with E-state index in [4.69, 9.17) is 4.74 Å². The summed E-state index contributed by atoms with van der Waals surface area (Å²) in [6.07, 6.45) is 5.02. The van der Waals surface area contributed by atoms with Crippen LogP contribution in [0.15, 0.2) is 24.3 Å². The number of hydrogen-bond acceptors (Lipinski definition) is 3. The lowest BCUT2D eigenvalue weighted by Crippen LogP contribution is -2.23. The molecule has 0 unspecified atom stereocenters. The second kappa shape index (κ2) is 8.98. The molecule has 1 saturated heterocycles. The number of rotatable bonds is 9. The molecule has 2 rings (SSSR count). The lowest BCUT2D eigenvalue weighted by Gasteiger charge is -2.21. The van der Waals surface area contributed by atoms with Gasteiger partial charge in [0.25, 0.3) is 0 Å². The highest BCUT2D eigenvalue weighted by Crippen LogP contribution is 2.24. The molecule has 3 heteroatoms. The Morgan fingerprint density at radius 1 is 1.15 bits per heavy atom. The Labute approximate surface area is 123 Å². The highest BCUT2D eigenvalue weighted by molar-refractivity contribution is 5.54. The number of anilines is 1. The van der Waals surface area contributed by atoms with Crippen molar-refractivity contribution in [2.24, 2.45) is 0 Å². The molecule has 0 aromatic heterocycles. The van der Waals surface area contributed by atoms with Crippen LogP contribution < -0.4 is 10.2 Å². The maximum atomic E-state index is 5.57. The van der Waals surface area contributed by atoms with Gasteiger partial charge in [0.1, 0.15) is 0 Å². The van der Waals surface area contributed by atoms with Crippen LogP contribution in [0.5, 0.6) is 0 Å². The second-order valence-electron chi connectivity index (χ2n) is 5.47. The highest BCUT2D eigenvalue weighted by Gasteiger charge is 2.14. The van der Waals surface area contributed by atoms with Gasteiger partial charge in [-0.15, -0.1) is 0 Å². The fourth-order valence-corrected chi connectivity index (χ4v) is 2.64. The normalized spacial score (nSPS) is 14.9. The fraction of sp³-hybridized carbons (Fsp3) is 0.647. The summed E-state index contributed by atoms with van der Waals surface area (Å²) in [7, 11) is 0. The maximum Gasteiger partial charge on any atom is 0.0591 e. The molecular weight excluding hydrogens is 248 g/mol. The van der Waals surface area contributed by atoms with Gasteiger partial charge in [-0.1, -0.05) is 31.5 Å². The van der Waals surface area contributed by atoms with Crippen molar-refractivity contribution in [3.05, 3.63) is 29.8 Å². The van der Waals surface area contributed by atoms with E-state index in [1.54, 1.807) is 0 Å². The monoisotopic (exact) mass is 276 g/mol. The zero-order valence-electron chi connectivity index (χ0n) is 12.7. The summed E-state index contributed by atoms with van der Waals surface area (Å²) < 4.78 is 5.57. The minimum absolute atomic E-state index is 0.811. The van der Waals surface area contributed by atoms with Gasteiger partial charge < -0.3 is 15.0 Å². The van der Waals surface area contributed by atoms with Gasteiger partial charge in [-0.05, 0) is 30.9 Å². The summed E-state index contributed by atoms with van der Waals surface area (Å²) >= 11 is 0. The number of hydrogen-bond donors (Lipinski definition) is 1. The summed E-state index contributed by atoms with van der Waals surface area (Å²) in [6, 6.07) is 8.76. The standard InChI is InChI=1S/C17H28N2O/c1-2-3-13-20-14-10-18-15-16-8-4-5-9-17(16)19-11-6-7-12-19/h4-5,8-9,18H,2-3,6-7,10-15H2,1H3. The molecule has 0 atom stereocenters. The largest absolute Gasteiger partial charge is 0.380 e. The SMILES string of the molecule is CCCCOCCNCc1ccccc1N1CCCC1. The van der Waals surface area contributed by atoms with Crippen molar-refractivity contribution < 1.29 is 4.74 Å². The van der Waals surface area contributed by atoms with Crippen LogP contribution in [0.3, 0.4) is 0 Å². The van der Waals surface area contributed by atoms with Crippen LogP contribution in [-0.4, -0.2) is 32.8 Å². The zero-order chi connectivity index (χ0) is 14.0. The predicted octanol–water partition coefficient (Wildman–Crippen LogP) is 3.19. The summed E-state index contributed by atoms with van der Waals surface area (Å²) in [5.74, 6) is 0. The first-order valence-corrected chi connectivity index (χ1v) is 8.03. The molecule has 1 aromatic carbocycles. The van der Waals surface area contributed by atoms with Gasteiger partial charge in [0.15, 0.2) is 0 Å². The Bertz CT molecular complexity index is 375. The van der Waals surface area contributed by atoms with Crippen molar-refractivity contribution in [1.82, 2.24) is 5.32 Å². The zero-order valence-corrected chi connectivity index (χ0v) is 12.7. The van der Waals surface area contributed by atoms with Crippen molar-refractivity contribution >= 4 is 5.69 Å². The van der Waals surface area contributed by atoms with E-state index in [2.05, 4.69) is 41.4 Å². The molecule has 1 aliphatic heterocycles. The van der Waals surface area contributed by atoms with Gasteiger partial charge >= 0.3 is 0 Å². The third kappa shape index (κ3) is 4.80. The van der Waals surface area contributed by atoms with E-state index in [0.29, 0.717) is 0 Å². The Morgan fingerprint density at radius 3 is 2.75 bits per heavy atom. The molecule has 20 heavy (non-hydrogen) atoms. The Hall–Kier alpha value is -1.06. The summed E-state index contributed by atoms with van der Waals surface area (Å²) in [6.45, 7) is 8.17. The molecule has 0 spiro atoms. The third-order valence-corrected chi connectivity index (χ3v) is 3.82. The van der Waals surface area contributed by atoms with Crippen molar-refractivity contribution in [3.63, 3.8) is 0 Å². The molecule has 1 aliphatic rings. The number of para-hydroxylation sites is 1. The minimum Gasteiger partial charge on any atom is -0.380 e. The van der Waals surface area contributed by atoms with E-state index in [9.17, 15) is 0 Å². The van der Waals surface area contributed by atoms with Crippen LogP contribution in [0.1, 0.15) is 38.2 Å². The molecular formula is C17H28N2O. The predicted molar refractivity (Wildman–Crippen MR) is 85.3 cm³/mol. The summed E-state index contributed by atoms with van der Waals surface area (Å²) in [5.41, 5.74) is 2.81. The highest BCUT2D eigenvalue weighted by atomic mass is 16.5. The van der Waals surface area contributed by atoms with Crippen molar-refractivity contribution in [3.8, 4) is 0 Å². The first-order chi connectivity index (χ1) is 9.92. The Morgan fingerprint density at radius 2 is 1.95 bits per heavy atom. The van der Waals surface area contributed by atoms with Crippen molar-refractivity contribution in [2.75, 3.05) is 37.7 Å². The third-order valence-electron chi connectivity index (χ3n) is 3.82. The van der Waals surface area contributed by atoms with Gasteiger partial charge in [-0.2, -0.15) is 0 Å². The molecule has 0 radical (unpaired) electrons. The van der Waals surface area contributed by atoms with E-state index < -0.39 is 0 Å². The fourth-order valence-electron chi connectivity index (χ4n) is 2.64. The molecule has 0 aliphatic carbocycles.